The van der Waals surface area contributed by atoms with E-state index in [2.05, 4.69) is 31.8 Å². The van der Waals surface area contributed by atoms with Crippen LogP contribution in [-0.2, 0) is 14.4 Å². The highest BCUT2D eigenvalue weighted by molar-refractivity contribution is 9.10. The van der Waals surface area contributed by atoms with Crippen molar-refractivity contribution >= 4 is 52.1 Å². The Bertz CT molecular complexity index is 1280. The number of hydrogen-bond donors (Lipinski definition) is 2. The van der Waals surface area contributed by atoms with E-state index in [0.717, 1.165) is 10.0 Å². The number of ether oxygens (including phenoxy) is 2. The van der Waals surface area contributed by atoms with Crippen LogP contribution in [0.3, 0.4) is 0 Å². The van der Waals surface area contributed by atoms with E-state index in [1.807, 2.05) is 0 Å². The fourth-order valence-corrected chi connectivity index (χ4v) is 3.10. The van der Waals surface area contributed by atoms with Gasteiger partial charge in [0.15, 0.2) is 0 Å². The highest BCUT2D eigenvalue weighted by atomic mass is 79.9. The SMILES string of the molecule is COc1ccc(C=CC(=O)NCC(=O)NN=Cc2cc(Br)ccc2OC(=O)C=Cc2ccco2)cc1. The Hall–Kier alpha value is -4.44. The van der Waals surface area contributed by atoms with E-state index in [0.29, 0.717) is 17.1 Å². The number of halogens is 1. The maximum absolute atomic E-state index is 12.1. The van der Waals surface area contributed by atoms with Gasteiger partial charge < -0.3 is 19.2 Å². The third-order valence-electron chi connectivity index (χ3n) is 4.47. The van der Waals surface area contributed by atoms with Crippen molar-refractivity contribution in [1.82, 2.24) is 10.7 Å². The molecule has 0 atom stereocenters. The van der Waals surface area contributed by atoms with Gasteiger partial charge in [-0.1, -0.05) is 28.1 Å². The van der Waals surface area contributed by atoms with E-state index < -0.39 is 17.8 Å². The molecule has 0 spiro atoms. The molecule has 1 aromatic heterocycles. The molecule has 1 heterocycles. The lowest BCUT2D eigenvalue weighted by Gasteiger charge is -2.06. The molecule has 36 heavy (non-hydrogen) atoms. The van der Waals surface area contributed by atoms with Crippen LogP contribution in [0.5, 0.6) is 11.5 Å². The number of esters is 1. The Morgan fingerprint density at radius 3 is 2.58 bits per heavy atom. The number of hydrazone groups is 1. The predicted octanol–water partition coefficient (Wildman–Crippen LogP) is 3.95. The van der Waals surface area contributed by atoms with Crippen molar-refractivity contribution in [2.45, 2.75) is 0 Å². The van der Waals surface area contributed by atoms with Gasteiger partial charge in [0.25, 0.3) is 5.91 Å². The van der Waals surface area contributed by atoms with Crippen molar-refractivity contribution in [2.75, 3.05) is 13.7 Å². The molecule has 0 unspecified atom stereocenters. The van der Waals surface area contributed by atoms with Crippen LogP contribution in [0.4, 0.5) is 0 Å². The van der Waals surface area contributed by atoms with Crippen LogP contribution in [0.15, 0.2) is 87.0 Å². The quantitative estimate of drug-likeness (QED) is 0.129. The van der Waals surface area contributed by atoms with Gasteiger partial charge in [-0.2, -0.15) is 5.10 Å². The first-order chi connectivity index (χ1) is 17.4. The Labute approximate surface area is 215 Å². The van der Waals surface area contributed by atoms with Crippen LogP contribution in [0, 0.1) is 0 Å². The van der Waals surface area contributed by atoms with E-state index >= 15 is 0 Å². The molecule has 2 amide bonds. The molecule has 0 aliphatic rings. The van der Waals surface area contributed by atoms with Crippen molar-refractivity contribution < 1.29 is 28.3 Å². The molecule has 10 heteroatoms. The van der Waals surface area contributed by atoms with E-state index in [1.54, 1.807) is 67.8 Å². The minimum absolute atomic E-state index is 0.238. The molecule has 2 N–H and O–H groups in total. The standard InChI is InChI=1S/C26H22BrN3O6/c1-34-21-8-4-18(5-9-21)6-12-24(31)28-17-25(32)30-29-16-19-15-20(27)7-11-23(19)36-26(33)13-10-22-3-2-14-35-22/h2-16H,17H2,1H3,(H,28,31)(H,30,32). The van der Waals surface area contributed by atoms with Crippen LogP contribution in [-0.4, -0.2) is 37.7 Å². The van der Waals surface area contributed by atoms with Crippen LogP contribution < -0.4 is 20.2 Å². The molecular weight excluding hydrogens is 530 g/mol. The van der Waals surface area contributed by atoms with Gasteiger partial charge in [-0.25, -0.2) is 10.2 Å². The van der Waals surface area contributed by atoms with Gasteiger partial charge >= 0.3 is 5.97 Å². The first-order valence-electron chi connectivity index (χ1n) is 10.6. The summed E-state index contributed by atoms with van der Waals surface area (Å²) in [5, 5.41) is 6.34. The van der Waals surface area contributed by atoms with Gasteiger partial charge in [0.1, 0.15) is 17.3 Å². The van der Waals surface area contributed by atoms with Gasteiger partial charge in [0, 0.05) is 22.2 Å². The van der Waals surface area contributed by atoms with Crippen molar-refractivity contribution in [3.05, 3.63) is 94.4 Å². The summed E-state index contributed by atoms with van der Waals surface area (Å²) in [6.45, 7) is -0.277. The first-order valence-corrected chi connectivity index (χ1v) is 11.4. The predicted molar refractivity (Wildman–Crippen MR) is 138 cm³/mol. The molecule has 2 aromatic carbocycles. The van der Waals surface area contributed by atoms with E-state index in [9.17, 15) is 14.4 Å². The second kappa shape index (κ2) is 13.4. The number of furan rings is 1. The van der Waals surface area contributed by atoms with Crippen molar-refractivity contribution in [1.29, 1.82) is 0 Å². The van der Waals surface area contributed by atoms with Gasteiger partial charge in [-0.15, -0.1) is 0 Å². The largest absolute Gasteiger partial charge is 0.497 e. The van der Waals surface area contributed by atoms with Crippen molar-refractivity contribution in [3.8, 4) is 11.5 Å². The topological polar surface area (TPSA) is 119 Å². The maximum Gasteiger partial charge on any atom is 0.336 e. The van der Waals surface area contributed by atoms with Gasteiger partial charge in [-0.05, 0) is 60.2 Å². The molecular formula is C26H22BrN3O6. The number of rotatable bonds is 10. The lowest BCUT2D eigenvalue weighted by Crippen LogP contribution is -2.34. The summed E-state index contributed by atoms with van der Waals surface area (Å²) in [5.74, 6) is -0.124. The molecule has 0 aliphatic carbocycles. The second-order valence-electron chi connectivity index (χ2n) is 7.07. The minimum atomic E-state index is -0.613. The molecule has 184 valence electrons. The first kappa shape index (κ1) is 26.2. The zero-order valence-corrected chi connectivity index (χ0v) is 20.7. The summed E-state index contributed by atoms with van der Waals surface area (Å²) in [5.41, 5.74) is 3.56. The fraction of sp³-hybridized carbons (Fsp3) is 0.0769. The van der Waals surface area contributed by atoms with Crippen LogP contribution in [0.25, 0.3) is 12.2 Å². The lowest BCUT2D eigenvalue weighted by atomic mass is 10.2. The molecule has 0 fully saturated rings. The Kier molecular flexibility index (Phi) is 9.78. The van der Waals surface area contributed by atoms with Crippen LogP contribution in [0.2, 0.25) is 0 Å². The molecule has 0 aliphatic heterocycles. The van der Waals surface area contributed by atoms with Gasteiger partial charge in [-0.3, -0.25) is 9.59 Å². The normalized spacial score (nSPS) is 11.2. The molecule has 0 saturated heterocycles. The number of benzene rings is 2. The summed E-state index contributed by atoms with van der Waals surface area (Å²) in [4.78, 5) is 36.1. The van der Waals surface area contributed by atoms with Gasteiger partial charge in [0.2, 0.25) is 5.91 Å². The number of methoxy groups -OCH3 is 1. The summed E-state index contributed by atoms with van der Waals surface area (Å²) in [6, 6.07) is 15.5. The van der Waals surface area contributed by atoms with E-state index in [4.69, 9.17) is 13.9 Å². The monoisotopic (exact) mass is 551 g/mol. The van der Waals surface area contributed by atoms with Gasteiger partial charge in [0.05, 0.1) is 26.1 Å². The second-order valence-corrected chi connectivity index (χ2v) is 7.99. The molecule has 0 bridgehead atoms. The number of nitrogens with one attached hydrogen (secondary N) is 2. The number of carbonyl (C=O) groups excluding carboxylic acids is 3. The van der Waals surface area contributed by atoms with E-state index in [1.165, 1.54) is 30.7 Å². The zero-order valence-electron chi connectivity index (χ0n) is 19.1. The van der Waals surface area contributed by atoms with Crippen molar-refractivity contribution in [2.24, 2.45) is 5.10 Å². The third kappa shape index (κ3) is 8.73. The molecule has 3 aromatic rings. The third-order valence-corrected chi connectivity index (χ3v) is 4.96. The number of amides is 2. The lowest BCUT2D eigenvalue weighted by molar-refractivity contribution is -0.129. The minimum Gasteiger partial charge on any atom is -0.497 e. The van der Waals surface area contributed by atoms with Crippen LogP contribution >= 0.6 is 15.9 Å². The number of hydrogen-bond acceptors (Lipinski definition) is 7. The Balaban J connectivity index is 1.49. The highest BCUT2D eigenvalue weighted by Crippen LogP contribution is 2.22. The Morgan fingerprint density at radius 1 is 1.06 bits per heavy atom. The number of nitrogens with zero attached hydrogens (tertiary/aromatic N) is 1. The number of carbonyl (C=O) groups is 3. The summed E-state index contributed by atoms with van der Waals surface area (Å²) >= 11 is 3.34. The molecule has 0 radical (unpaired) electrons. The summed E-state index contributed by atoms with van der Waals surface area (Å²) in [7, 11) is 1.57. The highest BCUT2D eigenvalue weighted by Gasteiger charge is 2.08. The average Bonchev–Trinajstić information content (AvgIpc) is 3.40. The molecule has 3 rings (SSSR count). The summed E-state index contributed by atoms with van der Waals surface area (Å²) < 4.78 is 16.3. The smallest absolute Gasteiger partial charge is 0.336 e. The average molecular weight is 552 g/mol. The Morgan fingerprint density at radius 2 is 1.86 bits per heavy atom. The molecule has 0 saturated carbocycles. The van der Waals surface area contributed by atoms with E-state index in [-0.39, 0.29) is 12.3 Å². The van der Waals surface area contributed by atoms with Crippen molar-refractivity contribution in [3.63, 3.8) is 0 Å². The van der Waals surface area contributed by atoms with Crippen LogP contribution in [0.1, 0.15) is 16.9 Å². The fourth-order valence-electron chi connectivity index (χ4n) is 2.72. The maximum atomic E-state index is 12.1. The molecule has 9 nitrogen and oxygen atoms in total. The zero-order chi connectivity index (χ0) is 25.8. The summed E-state index contributed by atoms with van der Waals surface area (Å²) in [6.07, 6.45) is 8.47.